The lowest BCUT2D eigenvalue weighted by atomic mass is 10.0. The van der Waals surface area contributed by atoms with Gasteiger partial charge in [-0.15, -0.1) is 0 Å². The number of methoxy groups -OCH3 is 2. The van der Waals surface area contributed by atoms with Crippen molar-refractivity contribution >= 4 is 62.3 Å². The summed E-state index contributed by atoms with van der Waals surface area (Å²) < 4.78 is 37.2. The number of sulfone groups is 1. The summed E-state index contributed by atoms with van der Waals surface area (Å²) in [6, 6.07) is 24.6. The zero-order chi connectivity index (χ0) is 46.0. The van der Waals surface area contributed by atoms with E-state index in [1.54, 1.807) is 25.1 Å². The molecule has 5 rings (SSSR count). The minimum Gasteiger partial charge on any atom is -0.508 e. The number of nitriles is 1. The molecule has 0 aliphatic heterocycles. The van der Waals surface area contributed by atoms with Gasteiger partial charge in [0.2, 0.25) is 5.91 Å². The van der Waals surface area contributed by atoms with E-state index in [1.165, 1.54) is 106 Å². The second kappa shape index (κ2) is 20.1. The Morgan fingerprint density at radius 2 is 1.27 bits per heavy atom. The van der Waals surface area contributed by atoms with Crippen LogP contribution in [-0.2, 0) is 25.8 Å². The van der Waals surface area contributed by atoms with Gasteiger partial charge in [0.25, 0.3) is 11.8 Å². The molecule has 0 heterocycles. The predicted octanol–water partition coefficient (Wildman–Crippen LogP) is 6.69. The lowest BCUT2D eigenvalue weighted by Gasteiger charge is -2.16. The van der Waals surface area contributed by atoms with Gasteiger partial charge in [0.15, 0.2) is 44.4 Å². The minimum atomic E-state index is -4.07. The van der Waals surface area contributed by atoms with Crippen LogP contribution in [0.25, 0.3) is 6.08 Å². The molecule has 0 aliphatic carbocycles. The van der Waals surface area contributed by atoms with Crippen LogP contribution < -0.4 is 25.4 Å². The number of phenolic OH excluding ortho intramolecular Hbond substituents is 3. The first-order chi connectivity index (χ1) is 30.0. The van der Waals surface area contributed by atoms with E-state index in [-0.39, 0.29) is 68.1 Å². The molecule has 16 nitrogen and oxygen atoms in total. The molecule has 0 aromatic heterocycles. The van der Waals surface area contributed by atoms with E-state index in [2.05, 4.69) is 16.0 Å². The number of rotatable bonds is 17. The van der Waals surface area contributed by atoms with Crippen LogP contribution in [0.15, 0.2) is 108 Å². The molecule has 6 N–H and O–H groups in total. The number of carbonyl (C=O) groups excluding carboxylic acids is 5. The average Bonchev–Trinajstić information content (AvgIpc) is 3.24. The number of carbonyl (C=O) groups is 5. The van der Waals surface area contributed by atoms with Crippen molar-refractivity contribution in [3.63, 3.8) is 0 Å². The van der Waals surface area contributed by atoms with Crippen LogP contribution in [0.3, 0.4) is 0 Å². The third kappa shape index (κ3) is 11.2. The van der Waals surface area contributed by atoms with Gasteiger partial charge < -0.3 is 40.7 Å². The number of phenols is 3. The van der Waals surface area contributed by atoms with E-state index in [9.17, 15) is 53.0 Å². The molecule has 0 fully saturated rings. The van der Waals surface area contributed by atoms with Crippen LogP contribution in [0, 0.1) is 17.2 Å². The van der Waals surface area contributed by atoms with Crippen molar-refractivity contribution in [2.45, 2.75) is 31.6 Å². The van der Waals surface area contributed by atoms with Crippen molar-refractivity contribution in [2.24, 2.45) is 5.92 Å². The predicted molar refractivity (Wildman–Crippen MR) is 233 cm³/mol. The number of allylic oxidation sites excluding steroid dienone is 1. The zero-order valence-corrected chi connectivity index (χ0v) is 35.2. The second-order valence-electron chi connectivity index (χ2n) is 14.1. The van der Waals surface area contributed by atoms with E-state index in [0.29, 0.717) is 11.1 Å². The van der Waals surface area contributed by atoms with Crippen LogP contribution in [0.5, 0.6) is 28.7 Å². The zero-order valence-electron chi connectivity index (χ0n) is 34.4. The Labute approximate surface area is 362 Å². The third-order valence-electron chi connectivity index (χ3n) is 9.70. The summed E-state index contributed by atoms with van der Waals surface area (Å²) in [5, 5.41) is 48.0. The fourth-order valence-electron chi connectivity index (χ4n) is 6.29. The molecule has 0 unspecified atom stereocenters. The van der Waals surface area contributed by atoms with Crippen LogP contribution in [-0.4, -0.2) is 73.0 Å². The van der Waals surface area contributed by atoms with Crippen molar-refractivity contribution in [1.82, 2.24) is 0 Å². The van der Waals surface area contributed by atoms with Gasteiger partial charge in [0.05, 0.1) is 59.4 Å². The number of hydrogen-bond donors (Lipinski definition) is 6. The number of aromatic hydroxyl groups is 3. The number of hydrogen-bond acceptors (Lipinski definition) is 13. The highest BCUT2D eigenvalue weighted by atomic mass is 32.2. The fraction of sp³-hybridized carbons (Fsp3) is 0.174. The number of benzene rings is 5. The van der Waals surface area contributed by atoms with Gasteiger partial charge in [-0.2, -0.15) is 5.26 Å². The van der Waals surface area contributed by atoms with E-state index >= 15 is 0 Å². The number of amides is 3. The highest BCUT2D eigenvalue weighted by molar-refractivity contribution is 7.91. The van der Waals surface area contributed by atoms with Crippen LogP contribution in [0.2, 0.25) is 0 Å². The number of ether oxygens (including phenoxy) is 2. The molecule has 3 amide bonds. The largest absolute Gasteiger partial charge is 0.508 e. The van der Waals surface area contributed by atoms with Crippen molar-refractivity contribution in [2.75, 3.05) is 35.9 Å². The van der Waals surface area contributed by atoms with Crippen molar-refractivity contribution in [1.29, 1.82) is 5.26 Å². The highest BCUT2D eigenvalue weighted by Gasteiger charge is 2.28. The Hall–Kier alpha value is -7.97. The molecule has 0 bridgehead atoms. The maximum atomic E-state index is 13.4. The number of nitrogens with zero attached hydrogens (tertiary/aromatic N) is 1. The molecule has 5 aromatic carbocycles. The Morgan fingerprint density at radius 3 is 1.83 bits per heavy atom. The van der Waals surface area contributed by atoms with Crippen LogP contribution >= 0.6 is 0 Å². The van der Waals surface area contributed by atoms with Crippen molar-refractivity contribution in [3.8, 4) is 34.8 Å². The Bertz CT molecular complexity index is 2760. The summed E-state index contributed by atoms with van der Waals surface area (Å²) in [5.74, 6) is -6.24. The standard InChI is InChI=1S/C46H42N4O12S/c1-26(23-28-5-13-33(52)14-6-28)39(53)24-29-7-15-34(16-8-29)63(59,60)25-31(21-22-47)45(57)48-32-11-9-30(10-12-32)44(56)49-37-20-18-36(41(55)43(37)62-4)46(58)50-38-19-17-35(27(2)51)40(54)42(38)61-3/h5-20,23,31,52,54-55H,21,24-25H2,1-4H3,(H,48,57)(H,49,56)(H,50,58)/b26-23+/t31-/m1/s1. The lowest BCUT2D eigenvalue weighted by Crippen LogP contribution is -2.29. The molecule has 5 aromatic rings. The Kier molecular flexibility index (Phi) is 14.7. The Morgan fingerprint density at radius 1 is 0.714 bits per heavy atom. The molecule has 0 aliphatic rings. The van der Waals surface area contributed by atoms with E-state index in [0.717, 1.165) is 5.56 Å². The fourth-order valence-corrected chi connectivity index (χ4v) is 7.83. The minimum absolute atomic E-state index is 0.00660. The summed E-state index contributed by atoms with van der Waals surface area (Å²) in [6.07, 6.45) is 1.28. The third-order valence-corrected chi connectivity index (χ3v) is 11.5. The maximum Gasteiger partial charge on any atom is 0.259 e. The maximum absolute atomic E-state index is 13.4. The van der Waals surface area contributed by atoms with Gasteiger partial charge in [0, 0.05) is 24.1 Å². The molecular weight excluding hydrogens is 833 g/mol. The normalized spacial score (nSPS) is 11.7. The molecular formula is C46H42N4O12S. The van der Waals surface area contributed by atoms with Crippen molar-refractivity contribution in [3.05, 3.63) is 130 Å². The number of anilines is 3. The number of nitrogens with one attached hydrogen (secondary N) is 3. The van der Waals surface area contributed by atoms with E-state index in [1.807, 2.05) is 6.07 Å². The topological polar surface area (TPSA) is 259 Å². The second-order valence-corrected chi connectivity index (χ2v) is 16.2. The summed E-state index contributed by atoms with van der Waals surface area (Å²) in [7, 11) is -1.63. The van der Waals surface area contributed by atoms with Gasteiger partial charge in [-0.3, -0.25) is 24.0 Å². The van der Waals surface area contributed by atoms with Gasteiger partial charge in [-0.05, 0) is 109 Å². The summed E-state index contributed by atoms with van der Waals surface area (Å²) in [6.45, 7) is 2.91. The quantitative estimate of drug-likeness (QED) is 0.0421. The first-order valence-electron chi connectivity index (χ1n) is 19.0. The summed E-state index contributed by atoms with van der Waals surface area (Å²) in [4.78, 5) is 64.2. The van der Waals surface area contributed by atoms with Gasteiger partial charge >= 0.3 is 0 Å². The summed E-state index contributed by atoms with van der Waals surface area (Å²) >= 11 is 0. The SMILES string of the molecule is COc1c(NC(=O)c2ccc(NC(=O)c3ccc(NC(=O)[C@H](CC#N)CS(=O)(=O)c4ccc(CC(=O)/C(C)=C/c5ccc(O)cc5)cc4)cc3)c(OC)c2O)ccc(C(C)=O)c1O. The van der Waals surface area contributed by atoms with Crippen molar-refractivity contribution < 1.29 is 57.2 Å². The smallest absolute Gasteiger partial charge is 0.259 e. The molecule has 1 atom stereocenters. The van der Waals surface area contributed by atoms with Crippen LogP contribution in [0.4, 0.5) is 17.1 Å². The number of Topliss-reactive ketones (excluding diaryl/α,β-unsaturated/α-hetero) is 2. The highest BCUT2D eigenvalue weighted by Crippen LogP contribution is 2.40. The number of ketones is 2. The lowest BCUT2D eigenvalue weighted by molar-refractivity contribution is -0.119. The summed E-state index contributed by atoms with van der Waals surface area (Å²) in [5.41, 5.74) is 1.78. The molecule has 324 valence electrons. The average molecular weight is 875 g/mol. The molecule has 0 saturated heterocycles. The monoisotopic (exact) mass is 874 g/mol. The van der Waals surface area contributed by atoms with Gasteiger partial charge in [-0.25, -0.2) is 8.42 Å². The molecule has 0 radical (unpaired) electrons. The first-order valence-corrected chi connectivity index (χ1v) is 20.6. The van der Waals surface area contributed by atoms with E-state index < -0.39 is 62.9 Å². The van der Waals surface area contributed by atoms with Crippen LogP contribution in [0.1, 0.15) is 62.5 Å². The Balaban J connectivity index is 1.20. The molecule has 0 spiro atoms. The molecule has 63 heavy (non-hydrogen) atoms. The molecule has 0 saturated carbocycles. The molecule has 17 heteroatoms. The first kappa shape index (κ1) is 46.1. The van der Waals surface area contributed by atoms with Gasteiger partial charge in [0.1, 0.15) is 5.75 Å². The van der Waals surface area contributed by atoms with Gasteiger partial charge in [-0.1, -0.05) is 24.3 Å². The van der Waals surface area contributed by atoms with E-state index in [4.69, 9.17) is 9.47 Å².